The molecule has 0 aliphatic heterocycles. The molecule has 210 valence electrons. The van der Waals surface area contributed by atoms with Gasteiger partial charge in [-0.15, -0.1) is 22.7 Å². The van der Waals surface area contributed by atoms with Gasteiger partial charge in [-0.05, 0) is 73.6 Å². The minimum absolute atomic E-state index is 0.0238. The summed E-state index contributed by atoms with van der Waals surface area (Å²) in [5.74, 6) is -1.07. The number of amides is 2. The lowest BCUT2D eigenvalue weighted by molar-refractivity contribution is 0.0591. The molecular weight excluding hydrogens is 550 g/mol. The minimum atomic E-state index is -0.540. The Morgan fingerprint density at radius 1 is 0.775 bits per heavy atom. The highest BCUT2D eigenvalue weighted by Crippen LogP contribution is 2.41. The Labute approximate surface area is 240 Å². The molecule has 2 amide bonds. The first-order valence-corrected chi connectivity index (χ1v) is 14.9. The number of aromatic nitrogens is 1. The number of nitrogens with zero attached hydrogens (tertiary/aromatic N) is 1. The quantitative estimate of drug-likeness (QED) is 0.367. The molecule has 0 fully saturated rings. The molecule has 0 saturated heterocycles. The topological polar surface area (TPSA) is 124 Å². The fraction of sp³-hybridized carbons (Fsp3) is 0.414. The van der Waals surface area contributed by atoms with Crippen LogP contribution in [0.5, 0.6) is 0 Å². The van der Waals surface area contributed by atoms with Crippen molar-refractivity contribution in [3.63, 3.8) is 0 Å². The highest BCUT2D eigenvalue weighted by atomic mass is 32.1. The number of pyridine rings is 1. The molecule has 3 aromatic rings. The van der Waals surface area contributed by atoms with E-state index in [1.165, 1.54) is 49.0 Å². The van der Waals surface area contributed by atoms with Crippen molar-refractivity contribution in [2.24, 2.45) is 11.8 Å². The number of ether oxygens (including phenoxy) is 2. The van der Waals surface area contributed by atoms with Gasteiger partial charge >= 0.3 is 11.9 Å². The van der Waals surface area contributed by atoms with Crippen molar-refractivity contribution >= 4 is 56.4 Å². The van der Waals surface area contributed by atoms with Gasteiger partial charge in [0.05, 0.1) is 25.3 Å². The molecule has 9 nitrogen and oxygen atoms in total. The number of anilines is 2. The summed E-state index contributed by atoms with van der Waals surface area (Å²) in [5, 5.41) is 6.50. The van der Waals surface area contributed by atoms with Crippen LogP contribution in [0.3, 0.4) is 0 Å². The maximum atomic E-state index is 13.2. The number of nitrogens with one attached hydrogen (secondary N) is 2. The Bertz CT molecular complexity index is 1400. The summed E-state index contributed by atoms with van der Waals surface area (Å²) in [6, 6.07) is 4.58. The predicted molar refractivity (Wildman–Crippen MR) is 154 cm³/mol. The van der Waals surface area contributed by atoms with Crippen LogP contribution in [-0.4, -0.2) is 43.0 Å². The van der Waals surface area contributed by atoms with Gasteiger partial charge in [0, 0.05) is 9.75 Å². The van der Waals surface area contributed by atoms with Crippen molar-refractivity contribution in [2.75, 3.05) is 24.9 Å². The third-order valence-electron chi connectivity index (χ3n) is 7.47. The summed E-state index contributed by atoms with van der Waals surface area (Å²) in [6.07, 6.45) is 5.10. The van der Waals surface area contributed by atoms with Gasteiger partial charge in [0.2, 0.25) is 0 Å². The van der Waals surface area contributed by atoms with E-state index < -0.39 is 23.8 Å². The van der Waals surface area contributed by atoms with Gasteiger partial charge in [0.25, 0.3) is 11.8 Å². The van der Waals surface area contributed by atoms with Gasteiger partial charge in [-0.2, -0.15) is 0 Å². The Balaban J connectivity index is 1.38. The second-order valence-corrected chi connectivity index (χ2v) is 12.6. The lowest BCUT2D eigenvalue weighted by Gasteiger charge is -2.18. The molecular formula is C29H31N3O6S2. The summed E-state index contributed by atoms with van der Waals surface area (Å²) in [4.78, 5) is 58.1. The van der Waals surface area contributed by atoms with Crippen molar-refractivity contribution in [1.29, 1.82) is 0 Å². The number of rotatable bonds is 6. The van der Waals surface area contributed by atoms with Gasteiger partial charge in [-0.3, -0.25) is 9.59 Å². The molecule has 2 unspecified atom stereocenters. The molecule has 0 saturated carbocycles. The van der Waals surface area contributed by atoms with Crippen molar-refractivity contribution < 1.29 is 28.7 Å². The molecule has 2 atom stereocenters. The number of methoxy groups -OCH3 is 2. The second kappa shape index (κ2) is 11.5. The minimum Gasteiger partial charge on any atom is -0.465 e. The molecule has 3 heterocycles. The van der Waals surface area contributed by atoms with Crippen LogP contribution < -0.4 is 10.6 Å². The third-order valence-corrected chi connectivity index (χ3v) is 9.81. The summed E-state index contributed by atoms with van der Waals surface area (Å²) >= 11 is 2.76. The maximum Gasteiger partial charge on any atom is 0.341 e. The van der Waals surface area contributed by atoms with E-state index in [2.05, 4.69) is 29.5 Å². The third kappa shape index (κ3) is 5.40. The van der Waals surface area contributed by atoms with Crippen LogP contribution >= 0.6 is 22.7 Å². The Kier molecular flexibility index (Phi) is 8.04. The van der Waals surface area contributed by atoms with Crippen LogP contribution in [-0.2, 0) is 35.2 Å². The monoisotopic (exact) mass is 581 g/mol. The highest BCUT2D eigenvalue weighted by Gasteiger charge is 2.31. The van der Waals surface area contributed by atoms with E-state index in [-0.39, 0.29) is 11.4 Å². The van der Waals surface area contributed by atoms with Crippen LogP contribution in [0.15, 0.2) is 18.2 Å². The largest absolute Gasteiger partial charge is 0.465 e. The molecule has 2 N–H and O–H groups in total. The number of thiophene rings is 2. The number of carbonyl (C=O) groups is 4. The fourth-order valence-corrected chi connectivity index (χ4v) is 8.12. The predicted octanol–water partition coefficient (Wildman–Crippen LogP) is 5.53. The SMILES string of the molecule is COC(=O)c1c(NC(=O)c2cccc(C(=O)Nc3sc4c(c3C(=O)OC)CCC(C)C4)n2)sc2c1CCC(C)C2. The number of esters is 2. The Morgan fingerprint density at radius 2 is 1.20 bits per heavy atom. The van der Waals surface area contributed by atoms with Crippen LogP contribution in [0.1, 0.15) is 89.3 Å². The van der Waals surface area contributed by atoms with Crippen molar-refractivity contribution in [3.8, 4) is 0 Å². The Hall–Kier alpha value is -3.57. The van der Waals surface area contributed by atoms with E-state index in [9.17, 15) is 19.2 Å². The van der Waals surface area contributed by atoms with Crippen LogP contribution in [0, 0.1) is 11.8 Å². The molecule has 0 spiro atoms. The van der Waals surface area contributed by atoms with Crippen molar-refractivity contribution in [2.45, 2.75) is 52.4 Å². The summed E-state index contributed by atoms with van der Waals surface area (Å²) in [6.45, 7) is 4.33. The molecule has 5 rings (SSSR count). The molecule has 0 radical (unpaired) electrons. The lowest BCUT2D eigenvalue weighted by atomic mass is 9.88. The fourth-order valence-electron chi connectivity index (χ4n) is 5.34. The van der Waals surface area contributed by atoms with Gasteiger partial charge in [0.1, 0.15) is 21.4 Å². The number of hydrogen-bond acceptors (Lipinski definition) is 9. The van der Waals surface area contributed by atoms with E-state index in [4.69, 9.17) is 9.47 Å². The first-order chi connectivity index (χ1) is 19.2. The average Bonchev–Trinajstić information content (AvgIpc) is 3.48. The van der Waals surface area contributed by atoms with E-state index in [0.717, 1.165) is 59.4 Å². The molecule has 3 aromatic heterocycles. The number of carbonyl (C=O) groups excluding carboxylic acids is 4. The van der Waals surface area contributed by atoms with E-state index >= 15 is 0 Å². The molecule has 40 heavy (non-hydrogen) atoms. The summed E-state index contributed by atoms with van der Waals surface area (Å²) in [5.41, 5.74) is 2.69. The van der Waals surface area contributed by atoms with Gasteiger partial charge < -0.3 is 20.1 Å². The van der Waals surface area contributed by atoms with Crippen molar-refractivity contribution in [3.05, 3.63) is 61.6 Å². The zero-order chi connectivity index (χ0) is 28.6. The standard InChI is InChI=1S/C29H31N3O6S2/c1-14-8-10-16-20(12-14)39-26(22(16)28(35)37-3)31-24(33)18-6-5-7-19(30-18)25(34)32-27-23(29(36)38-4)17-11-9-15(2)13-21(17)40-27/h5-7,14-15H,8-13H2,1-4H3,(H,31,33)(H,32,34). The average molecular weight is 582 g/mol. The van der Waals surface area contributed by atoms with Gasteiger partial charge in [-0.25, -0.2) is 14.6 Å². The zero-order valence-corrected chi connectivity index (χ0v) is 24.5. The van der Waals surface area contributed by atoms with E-state index in [1.54, 1.807) is 6.07 Å². The molecule has 2 aliphatic rings. The van der Waals surface area contributed by atoms with Crippen LogP contribution in [0.2, 0.25) is 0 Å². The van der Waals surface area contributed by atoms with Crippen LogP contribution in [0.25, 0.3) is 0 Å². The normalized spacial score (nSPS) is 17.8. The molecule has 0 bridgehead atoms. The van der Waals surface area contributed by atoms with Crippen LogP contribution in [0.4, 0.5) is 10.0 Å². The van der Waals surface area contributed by atoms with E-state index in [0.29, 0.717) is 33.0 Å². The Morgan fingerprint density at radius 3 is 1.60 bits per heavy atom. The zero-order valence-electron chi connectivity index (χ0n) is 22.8. The van der Waals surface area contributed by atoms with Gasteiger partial charge in [0.15, 0.2) is 0 Å². The number of fused-ring (bicyclic) bond motifs is 2. The smallest absolute Gasteiger partial charge is 0.341 e. The molecule has 11 heteroatoms. The second-order valence-electron chi connectivity index (χ2n) is 10.4. The first-order valence-electron chi connectivity index (χ1n) is 13.3. The number of hydrogen-bond donors (Lipinski definition) is 2. The lowest BCUT2D eigenvalue weighted by Crippen LogP contribution is -2.20. The van der Waals surface area contributed by atoms with E-state index in [1.807, 2.05) is 0 Å². The molecule has 0 aromatic carbocycles. The molecule has 2 aliphatic carbocycles. The van der Waals surface area contributed by atoms with Gasteiger partial charge in [-0.1, -0.05) is 19.9 Å². The first kappa shape index (κ1) is 28.0. The highest BCUT2D eigenvalue weighted by molar-refractivity contribution is 7.17. The van der Waals surface area contributed by atoms with Crippen molar-refractivity contribution in [1.82, 2.24) is 4.98 Å². The maximum absolute atomic E-state index is 13.2. The summed E-state index contributed by atoms with van der Waals surface area (Å²) in [7, 11) is 2.65. The summed E-state index contributed by atoms with van der Waals surface area (Å²) < 4.78 is 10.0.